The van der Waals surface area contributed by atoms with Gasteiger partial charge >= 0.3 is 0 Å². The monoisotopic (exact) mass is 546 g/mol. The average molecular weight is 548 g/mol. The van der Waals surface area contributed by atoms with Crippen molar-refractivity contribution < 1.29 is 0 Å². The topological polar surface area (TPSA) is 0 Å². The van der Waals surface area contributed by atoms with Crippen molar-refractivity contribution in [2.75, 3.05) is 0 Å². The molecule has 31 heavy (non-hydrogen) atoms. The highest BCUT2D eigenvalue weighted by Crippen LogP contribution is 2.44. The Kier molecular flexibility index (Phi) is 10.7. The summed E-state index contributed by atoms with van der Waals surface area (Å²) >= 11 is 7.75. The van der Waals surface area contributed by atoms with E-state index in [1.54, 1.807) is 11.1 Å². The average Bonchev–Trinajstić information content (AvgIpc) is 3.11. The lowest BCUT2D eigenvalue weighted by atomic mass is 9.92. The number of unbranched alkanes of at least 4 members (excludes halogenated alkanes) is 10. The van der Waals surface area contributed by atoms with Gasteiger partial charge in [0.15, 0.2) is 0 Å². The van der Waals surface area contributed by atoms with Crippen molar-refractivity contribution in [3.63, 3.8) is 0 Å². The summed E-state index contributed by atoms with van der Waals surface area (Å²) < 4.78 is 2.61. The Balaban J connectivity index is 1.75. The van der Waals surface area contributed by atoms with Gasteiger partial charge in [-0.05, 0) is 83.7 Å². The second-order valence-electron chi connectivity index (χ2n) is 9.37. The third kappa shape index (κ3) is 6.94. The number of fused-ring (bicyclic) bond motifs is 3. The van der Waals surface area contributed by atoms with Gasteiger partial charge in [0.2, 0.25) is 0 Å². The Hall–Kier alpha value is -0.600. The molecule has 0 aliphatic heterocycles. The Labute approximate surface area is 207 Å². The maximum Gasteiger partial charge on any atom is 0.0242 e. The first kappa shape index (κ1) is 25.0. The van der Waals surface area contributed by atoms with Gasteiger partial charge in [-0.15, -0.1) is 0 Å². The predicted octanol–water partition coefficient (Wildman–Crippen LogP) is 10.6. The van der Waals surface area contributed by atoms with E-state index in [4.69, 9.17) is 0 Å². The Morgan fingerprint density at radius 2 is 1.29 bits per heavy atom. The van der Waals surface area contributed by atoms with E-state index in [0.29, 0.717) is 0 Å². The molecule has 3 rings (SSSR count). The van der Waals surface area contributed by atoms with Gasteiger partial charge in [-0.3, -0.25) is 0 Å². The van der Waals surface area contributed by atoms with Crippen LogP contribution in [0.4, 0.5) is 0 Å². The van der Waals surface area contributed by atoms with E-state index in [1.807, 2.05) is 0 Å². The summed E-state index contributed by atoms with van der Waals surface area (Å²) in [5.74, 6) is 0. The van der Waals surface area contributed by atoms with Crippen molar-refractivity contribution >= 4 is 31.9 Å². The fourth-order valence-corrected chi connectivity index (χ4v) is 6.20. The molecular weight excluding hydrogens is 508 g/mol. The number of hydrogen-bond donors (Lipinski definition) is 0. The molecule has 0 aromatic heterocycles. The van der Waals surface area contributed by atoms with Crippen LogP contribution in [0.1, 0.15) is 113 Å². The molecule has 0 N–H and O–H groups in total. The molecule has 0 radical (unpaired) electrons. The van der Waals surface area contributed by atoms with Gasteiger partial charge in [0.05, 0.1) is 0 Å². The first-order chi connectivity index (χ1) is 15.2. The summed E-state index contributed by atoms with van der Waals surface area (Å²) in [6, 6.07) is 9.36. The highest BCUT2D eigenvalue weighted by molar-refractivity contribution is 9.10. The molecule has 0 heterocycles. The third-order valence-corrected chi connectivity index (χ3v) is 8.34. The molecule has 1 aliphatic rings. The largest absolute Gasteiger partial charge is 0.0654 e. The summed E-state index contributed by atoms with van der Waals surface area (Å²) in [5.41, 5.74) is 9.16. The summed E-state index contributed by atoms with van der Waals surface area (Å²) in [4.78, 5) is 0. The van der Waals surface area contributed by atoms with Gasteiger partial charge in [-0.25, -0.2) is 0 Å². The van der Waals surface area contributed by atoms with Crippen molar-refractivity contribution in [2.24, 2.45) is 0 Å². The van der Waals surface area contributed by atoms with E-state index < -0.39 is 0 Å². The Morgan fingerprint density at radius 3 is 1.97 bits per heavy atom. The van der Waals surface area contributed by atoms with Gasteiger partial charge in [0.25, 0.3) is 0 Å². The lowest BCUT2D eigenvalue weighted by Gasteiger charge is -2.16. The van der Waals surface area contributed by atoms with E-state index in [2.05, 4.69) is 70.0 Å². The summed E-state index contributed by atoms with van der Waals surface area (Å²) in [6.45, 7) is 4.59. The minimum atomic E-state index is 1.09. The maximum absolute atomic E-state index is 4.07. The first-order valence-electron chi connectivity index (χ1n) is 12.8. The zero-order valence-electron chi connectivity index (χ0n) is 19.7. The molecule has 170 valence electrons. The molecule has 0 fully saturated rings. The lowest BCUT2D eigenvalue weighted by Crippen LogP contribution is -2.00. The van der Waals surface area contributed by atoms with Crippen LogP contribution in [-0.2, 0) is 19.3 Å². The normalized spacial score (nSPS) is 12.3. The second kappa shape index (κ2) is 13.2. The number of benzene rings is 2. The molecule has 0 spiro atoms. The number of hydrogen-bond acceptors (Lipinski definition) is 0. The zero-order valence-corrected chi connectivity index (χ0v) is 22.8. The maximum atomic E-state index is 4.07. The molecule has 0 amide bonds. The molecule has 0 atom stereocenters. The minimum Gasteiger partial charge on any atom is -0.0654 e. The van der Waals surface area contributed by atoms with Crippen LogP contribution in [0, 0.1) is 0 Å². The van der Waals surface area contributed by atoms with Crippen molar-refractivity contribution in [2.45, 2.75) is 110 Å². The predicted molar refractivity (Wildman–Crippen MR) is 144 cm³/mol. The number of halogens is 2. The highest BCUT2D eigenvalue weighted by atomic mass is 79.9. The minimum absolute atomic E-state index is 1.09. The van der Waals surface area contributed by atoms with Crippen LogP contribution >= 0.6 is 31.9 Å². The van der Waals surface area contributed by atoms with Gasteiger partial charge < -0.3 is 0 Å². The fourth-order valence-electron chi connectivity index (χ4n) is 5.04. The standard InChI is InChI=1S/C29H40Br2/c1-3-5-7-9-11-13-15-22-20-27-25-18-17-24(30)19-23(25)21-28(27)26(29(22)31)16-14-12-10-8-6-4-2/h17-20H,3-16,21H2,1-2H3. The summed E-state index contributed by atoms with van der Waals surface area (Å²) in [7, 11) is 0. The summed E-state index contributed by atoms with van der Waals surface area (Å²) in [6.07, 6.45) is 19.8. The molecule has 2 heteroatoms. The molecule has 0 saturated heterocycles. The Bertz CT molecular complexity index is 837. The highest BCUT2D eigenvalue weighted by Gasteiger charge is 2.24. The number of rotatable bonds is 14. The second-order valence-corrected chi connectivity index (χ2v) is 11.1. The SMILES string of the molecule is CCCCCCCCc1cc2c(c(CCCCCCCC)c1Br)Cc1cc(Br)ccc1-2. The van der Waals surface area contributed by atoms with Gasteiger partial charge in [-0.1, -0.05) is 116 Å². The molecule has 2 aromatic rings. The van der Waals surface area contributed by atoms with Crippen LogP contribution < -0.4 is 0 Å². The lowest BCUT2D eigenvalue weighted by molar-refractivity contribution is 0.603. The molecule has 0 saturated carbocycles. The fraction of sp³-hybridized carbons (Fsp3) is 0.586. The molecule has 0 bridgehead atoms. The van der Waals surface area contributed by atoms with E-state index in [1.165, 1.54) is 121 Å². The van der Waals surface area contributed by atoms with Crippen molar-refractivity contribution in [1.82, 2.24) is 0 Å². The smallest absolute Gasteiger partial charge is 0.0242 e. The molecule has 0 unspecified atom stereocenters. The van der Waals surface area contributed by atoms with Crippen LogP contribution in [0.5, 0.6) is 0 Å². The van der Waals surface area contributed by atoms with Gasteiger partial charge in [-0.2, -0.15) is 0 Å². The van der Waals surface area contributed by atoms with Crippen LogP contribution in [0.3, 0.4) is 0 Å². The number of aryl methyl sites for hydroxylation is 1. The van der Waals surface area contributed by atoms with Crippen molar-refractivity contribution in [3.05, 3.63) is 55.5 Å². The molecule has 2 aromatic carbocycles. The van der Waals surface area contributed by atoms with Crippen LogP contribution in [0.25, 0.3) is 11.1 Å². The molecular formula is C29H40Br2. The van der Waals surface area contributed by atoms with Crippen molar-refractivity contribution in [1.29, 1.82) is 0 Å². The zero-order chi connectivity index (χ0) is 22.1. The van der Waals surface area contributed by atoms with E-state index >= 15 is 0 Å². The van der Waals surface area contributed by atoms with Gasteiger partial charge in [0, 0.05) is 8.95 Å². The summed E-state index contributed by atoms with van der Waals surface area (Å²) in [5, 5.41) is 0. The van der Waals surface area contributed by atoms with Crippen LogP contribution in [-0.4, -0.2) is 0 Å². The molecule has 0 nitrogen and oxygen atoms in total. The van der Waals surface area contributed by atoms with Crippen LogP contribution in [0.15, 0.2) is 33.2 Å². The first-order valence-corrected chi connectivity index (χ1v) is 14.4. The van der Waals surface area contributed by atoms with Gasteiger partial charge in [0.1, 0.15) is 0 Å². The van der Waals surface area contributed by atoms with Crippen LogP contribution in [0.2, 0.25) is 0 Å². The quantitative estimate of drug-likeness (QED) is 0.176. The third-order valence-electron chi connectivity index (χ3n) is 6.86. The molecule has 1 aliphatic carbocycles. The van der Waals surface area contributed by atoms with E-state index in [-0.39, 0.29) is 0 Å². The van der Waals surface area contributed by atoms with E-state index in [0.717, 1.165) is 6.42 Å². The Morgan fingerprint density at radius 1 is 0.677 bits per heavy atom. The van der Waals surface area contributed by atoms with Crippen molar-refractivity contribution in [3.8, 4) is 11.1 Å². The van der Waals surface area contributed by atoms with E-state index in [9.17, 15) is 0 Å².